The highest BCUT2D eigenvalue weighted by atomic mass is 19.4. The van der Waals surface area contributed by atoms with Crippen LogP contribution in [0.25, 0.3) is 17.8 Å². The van der Waals surface area contributed by atoms with Gasteiger partial charge in [0.15, 0.2) is 5.82 Å². The number of nitrogens with zero attached hydrogens (tertiary/aromatic N) is 4. The van der Waals surface area contributed by atoms with Crippen LogP contribution in [0.15, 0.2) is 28.3 Å². The molecule has 0 fully saturated rings. The van der Waals surface area contributed by atoms with E-state index in [1.807, 2.05) is 0 Å². The first kappa shape index (κ1) is 19.8. The zero-order chi connectivity index (χ0) is 20.6. The number of anilines is 1. The summed E-state index contributed by atoms with van der Waals surface area (Å²) in [5.41, 5.74) is 4.39. The van der Waals surface area contributed by atoms with Gasteiger partial charge in [0, 0.05) is 5.57 Å². The minimum Gasteiger partial charge on any atom is -0.381 e. The topological polar surface area (TPSA) is 78.2 Å². The predicted molar refractivity (Wildman–Crippen MR) is 92.9 cm³/mol. The van der Waals surface area contributed by atoms with Gasteiger partial charge in [-0.2, -0.15) is 13.2 Å². The highest BCUT2D eigenvalue weighted by Crippen LogP contribution is 2.30. The molecule has 1 aliphatic carbocycles. The molecule has 0 aromatic carbocycles. The lowest BCUT2D eigenvalue weighted by atomic mass is 10.0. The molecule has 1 aliphatic rings. The van der Waals surface area contributed by atoms with Gasteiger partial charge in [-0.3, -0.25) is 0 Å². The maximum atomic E-state index is 13.9. The van der Waals surface area contributed by atoms with Crippen molar-refractivity contribution in [2.45, 2.75) is 26.1 Å². The number of halogens is 5. The summed E-state index contributed by atoms with van der Waals surface area (Å²) in [5.74, 6) is -2.83. The van der Waals surface area contributed by atoms with Crippen LogP contribution < -0.4 is 22.1 Å². The van der Waals surface area contributed by atoms with Gasteiger partial charge in [0.1, 0.15) is 12.5 Å². The van der Waals surface area contributed by atoms with Crippen LogP contribution in [-0.2, 0) is 6.54 Å². The van der Waals surface area contributed by atoms with Crippen molar-refractivity contribution in [3.8, 4) is 0 Å². The number of allylic oxidation sites excluding steroid dienone is 4. The number of alkyl halides is 4. The van der Waals surface area contributed by atoms with Crippen molar-refractivity contribution in [2.75, 3.05) is 12.4 Å². The second-order valence-corrected chi connectivity index (χ2v) is 6.21. The maximum absolute atomic E-state index is 13.9. The summed E-state index contributed by atoms with van der Waals surface area (Å²) in [6.07, 6.45) is -0.315. The third-order valence-corrected chi connectivity index (χ3v) is 4.31. The summed E-state index contributed by atoms with van der Waals surface area (Å²) in [7, 11) is 0. The van der Waals surface area contributed by atoms with Gasteiger partial charge in [0.25, 0.3) is 0 Å². The van der Waals surface area contributed by atoms with E-state index in [4.69, 9.17) is 5.73 Å². The molecule has 0 saturated heterocycles. The van der Waals surface area contributed by atoms with Gasteiger partial charge >= 0.3 is 11.9 Å². The first-order chi connectivity index (χ1) is 13.2. The average Bonchev–Trinajstić information content (AvgIpc) is 2.96. The zero-order valence-corrected chi connectivity index (χ0v) is 14.7. The Hall–Kier alpha value is -2.98. The quantitative estimate of drug-likeness (QED) is 0.621. The number of hydrogen-bond acceptors (Lipinski definition) is 4. The summed E-state index contributed by atoms with van der Waals surface area (Å²) in [6.45, 7) is -0.152. The van der Waals surface area contributed by atoms with Crippen molar-refractivity contribution in [3.63, 3.8) is 0 Å². The molecule has 0 bridgehead atoms. The van der Waals surface area contributed by atoms with Crippen molar-refractivity contribution in [3.05, 3.63) is 44.7 Å². The van der Waals surface area contributed by atoms with E-state index in [-0.39, 0.29) is 34.2 Å². The van der Waals surface area contributed by atoms with E-state index >= 15 is 0 Å². The molecule has 11 heteroatoms. The monoisotopic (exact) mass is 401 g/mol. The van der Waals surface area contributed by atoms with E-state index in [2.05, 4.69) is 10.1 Å². The number of rotatable bonds is 4. The minimum atomic E-state index is -4.50. The molecule has 28 heavy (non-hydrogen) atoms. The highest BCUT2D eigenvalue weighted by molar-refractivity contribution is 5.59. The molecule has 2 aromatic heterocycles. The molecule has 0 amide bonds. The van der Waals surface area contributed by atoms with Gasteiger partial charge in [0.2, 0.25) is 5.65 Å². The summed E-state index contributed by atoms with van der Waals surface area (Å²) >= 11 is 0. The van der Waals surface area contributed by atoms with Crippen LogP contribution in [0, 0.1) is 5.92 Å². The Balaban J connectivity index is 2.25. The first-order valence-electron chi connectivity index (χ1n) is 8.27. The molecule has 1 unspecified atom stereocenters. The van der Waals surface area contributed by atoms with Crippen LogP contribution in [0.5, 0.6) is 0 Å². The summed E-state index contributed by atoms with van der Waals surface area (Å²) in [6, 6.07) is 0. The Bertz CT molecular complexity index is 1160. The summed E-state index contributed by atoms with van der Waals surface area (Å²) in [5, 5.41) is 3.93. The van der Waals surface area contributed by atoms with E-state index in [1.165, 1.54) is 19.1 Å². The van der Waals surface area contributed by atoms with Crippen molar-refractivity contribution in [2.24, 2.45) is 5.92 Å². The van der Waals surface area contributed by atoms with Gasteiger partial charge < -0.3 is 5.73 Å². The van der Waals surface area contributed by atoms with Crippen LogP contribution in [0.2, 0.25) is 0 Å². The number of aromatic nitrogens is 4. The van der Waals surface area contributed by atoms with E-state index in [1.54, 1.807) is 0 Å². The Kier molecular flexibility index (Phi) is 5.09. The zero-order valence-electron chi connectivity index (χ0n) is 14.7. The number of nitrogens with two attached hydrogens (primary N) is 1. The van der Waals surface area contributed by atoms with Gasteiger partial charge in [-0.25, -0.2) is 27.6 Å². The van der Waals surface area contributed by atoms with Crippen molar-refractivity contribution >= 4 is 23.6 Å². The lowest BCUT2D eigenvalue weighted by Crippen LogP contribution is -2.44. The fourth-order valence-electron chi connectivity index (χ4n) is 2.91. The third-order valence-electron chi connectivity index (χ3n) is 4.31. The van der Waals surface area contributed by atoms with E-state index in [0.29, 0.717) is 0 Å². The third kappa shape index (κ3) is 3.43. The molecule has 1 atom stereocenters. The lowest BCUT2D eigenvalue weighted by Gasteiger charge is -2.17. The molecular formula is C17H16F5N5O. The standard InChI is InChI=1S/C17H16F5N5O/c1-2-3-11(19)9(7-18)8-26-16(28)27-13-6-10(17(20,21)22)4-5-12(13)24-14(23)15(27)25-26/h2-3,5-6,10H,4,7-8H2,1H3,(H2,23,24)/b3-2-,11-9-. The molecule has 6 nitrogen and oxygen atoms in total. The summed E-state index contributed by atoms with van der Waals surface area (Å²) in [4.78, 5) is 16.7. The van der Waals surface area contributed by atoms with Crippen molar-refractivity contribution in [1.29, 1.82) is 0 Å². The fourth-order valence-corrected chi connectivity index (χ4v) is 2.91. The minimum absolute atomic E-state index is 0.103. The van der Waals surface area contributed by atoms with Gasteiger partial charge in [-0.1, -0.05) is 12.2 Å². The van der Waals surface area contributed by atoms with Crippen molar-refractivity contribution < 1.29 is 22.0 Å². The normalized spacial score (nSPS) is 18.0. The predicted octanol–water partition coefficient (Wildman–Crippen LogP) is 1.39. The average molecular weight is 401 g/mol. The second kappa shape index (κ2) is 7.21. The SMILES string of the molecule is C/C=C\C(F)=C(/CF)Cn1nc2c(N)nc3c(n2c1=O)=CC(C(F)(F)F)CC=3. The van der Waals surface area contributed by atoms with E-state index < -0.39 is 36.8 Å². The smallest absolute Gasteiger partial charge is 0.381 e. The Morgan fingerprint density at radius 3 is 2.75 bits per heavy atom. The molecule has 2 heterocycles. The summed E-state index contributed by atoms with van der Waals surface area (Å²) < 4.78 is 68.0. The first-order valence-corrected chi connectivity index (χ1v) is 8.27. The van der Waals surface area contributed by atoms with E-state index in [0.717, 1.165) is 21.2 Å². The Morgan fingerprint density at radius 1 is 1.43 bits per heavy atom. The highest BCUT2D eigenvalue weighted by Gasteiger charge is 2.38. The van der Waals surface area contributed by atoms with Gasteiger partial charge in [0.05, 0.1) is 23.2 Å². The van der Waals surface area contributed by atoms with Crippen LogP contribution in [-0.4, -0.2) is 32.0 Å². The molecule has 3 rings (SSSR count). The van der Waals surface area contributed by atoms with Crippen molar-refractivity contribution in [1.82, 2.24) is 19.2 Å². The number of nitrogen functional groups attached to an aromatic ring is 1. The molecule has 0 radical (unpaired) electrons. The largest absolute Gasteiger partial charge is 0.395 e. The number of hydrogen-bond donors (Lipinski definition) is 1. The molecule has 0 aliphatic heterocycles. The van der Waals surface area contributed by atoms with Crippen LogP contribution >= 0.6 is 0 Å². The van der Waals surface area contributed by atoms with E-state index in [9.17, 15) is 26.7 Å². The van der Waals surface area contributed by atoms with Crippen LogP contribution in [0.4, 0.5) is 27.8 Å². The van der Waals surface area contributed by atoms with Gasteiger partial charge in [-0.05, 0) is 25.5 Å². The maximum Gasteiger partial charge on any atom is 0.395 e. The molecule has 0 spiro atoms. The molecule has 0 saturated carbocycles. The Labute approximate surface area is 154 Å². The molecular weight excluding hydrogens is 385 g/mol. The fraction of sp³-hybridized carbons (Fsp3) is 0.353. The molecule has 2 N–H and O–H groups in total. The molecule has 2 aromatic rings. The van der Waals surface area contributed by atoms with Gasteiger partial charge in [-0.15, -0.1) is 5.10 Å². The molecule has 150 valence electrons. The lowest BCUT2D eigenvalue weighted by molar-refractivity contribution is -0.155. The van der Waals surface area contributed by atoms with Crippen LogP contribution in [0.1, 0.15) is 13.3 Å². The van der Waals surface area contributed by atoms with Crippen LogP contribution in [0.3, 0.4) is 0 Å². The number of fused-ring (bicyclic) bond motifs is 3. The Morgan fingerprint density at radius 2 is 2.14 bits per heavy atom. The second-order valence-electron chi connectivity index (χ2n) is 6.21.